The van der Waals surface area contributed by atoms with Crippen molar-refractivity contribution in [2.45, 2.75) is 12.6 Å². The summed E-state index contributed by atoms with van der Waals surface area (Å²) in [6.07, 6.45) is 2.04. The van der Waals surface area contributed by atoms with Gasteiger partial charge in [0.15, 0.2) is 6.23 Å². The Hall–Kier alpha value is -1.03. The number of aliphatic hydroxyl groups excluding tert-OH is 1. The first-order valence-corrected chi connectivity index (χ1v) is 3.57. The van der Waals surface area contributed by atoms with E-state index in [-0.39, 0.29) is 18.7 Å². The molecular formula is C7H9NO3. The first-order valence-electron chi connectivity index (χ1n) is 3.57. The van der Waals surface area contributed by atoms with Crippen LogP contribution in [0.3, 0.4) is 0 Å². The van der Waals surface area contributed by atoms with Crippen molar-refractivity contribution in [1.82, 2.24) is 4.90 Å². The molecule has 0 unspecified atom stereocenters. The largest absolute Gasteiger partial charge is 0.473 e. The third-order valence-corrected chi connectivity index (χ3v) is 1.95. The number of fused-ring (bicyclic) bond motifs is 1. The molecule has 2 saturated heterocycles. The lowest BCUT2D eigenvalue weighted by molar-refractivity contribution is -0.154. The van der Waals surface area contributed by atoms with E-state index in [4.69, 9.17) is 9.84 Å². The molecule has 0 aromatic rings. The summed E-state index contributed by atoms with van der Waals surface area (Å²) in [5.41, 5.74) is 0. The minimum atomic E-state index is -0.0414. The Kier molecular flexibility index (Phi) is 1.35. The van der Waals surface area contributed by atoms with Gasteiger partial charge in [0.2, 0.25) is 5.91 Å². The third kappa shape index (κ3) is 0.903. The number of ether oxygens (including phenoxy) is 1. The number of rotatable bonds is 1. The summed E-state index contributed by atoms with van der Waals surface area (Å²) in [4.78, 5) is 12.5. The van der Waals surface area contributed by atoms with Gasteiger partial charge in [0.25, 0.3) is 0 Å². The Morgan fingerprint density at radius 3 is 3.18 bits per heavy atom. The SMILES string of the molecule is O=C1C[C@H]2O/C(=C/CO)CN12. The molecule has 0 spiro atoms. The smallest absolute Gasteiger partial charge is 0.231 e. The molecule has 4 heteroatoms. The molecule has 4 nitrogen and oxygen atoms in total. The molecule has 2 heterocycles. The highest BCUT2D eigenvalue weighted by Gasteiger charge is 2.43. The van der Waals surface area contributed by atoms with Crippen molar-refractivity contribution in [1.29, 1.82) is 0 Å². The maximum Gasteiger partial charge on any atom is 0.231 e. The molecule has 0 aliphatic carbocycles. The minimum Gasteiger partial charge on any atom is -0.473 e. The molecular weight excluding hydrogens is 146 g/mol. The number of nitrogens with zero attached hydrogens (tertiary/aromatic N) is 1. The van der Waals surface area contributed by atoms with Gasteiger partial charge in [-0.1, -0.05) is 0 Å². The standard InChI is InChI=1S/C7H9NO3/c9-2-1-5-4-8-6(10)3-7(8)11-5/h1,7,9H,2-4H2/b5-1+/t7-/m1/s1. The van der Waals surface area contributed by atoms with Crippen molar-refractivity contribution in [2.75, 3.05) is 13.2 Å². The van der Waals surface area contributed by atoms with Crippen LogP contribution in [0.25, 0.3) is 0 Å². The molecule has 0 aromatic heterocycles. The van der Waals surface area contributed by atoms with Gasteiger partial charge < -0.3 is 9.84 Å². The van der Waals surface area contributed by atoms with E-state index in [0.717, 1.165) is 0 Å². The van der Waals surface area contributed by atoms with Crippen LogP contribution in [0.4, 0.5) is 0 Å². The first-order chi connectivity index (χ1) is 5.31. The molecule has 0 saturated carbocycles. The quantitative estimate of drug-likeness (QED) is 0.517. The lowest BCUT2D eigenvalue weighted by Gasteiger charge is -2.30. The zero-order valence-electron chi connectivity index (χ0n) is 5.99. The van der Waals surface area contributed by atoms with Gasteiger partial charge in [0.05, 0.1) is 19.6 Å². The van der Waals surface area contributed by atoms with Crippen LogP contribution in [0.1, 0.15) is 6.42 Å². The monoisotopic (exact) mass is 155 g/mol. The summed E-state index contributed by atoms with van der Waals surface area (Å²) < 4.78 is 5.28. The van der Waals surface area contributed by atoms with E-state index < -0.39 is 0 Å². The summed E-state index contributed by atoms with van der Waals surface area (Å²) in [6.45, 7) is 0.508. The Labute approximate surface area is 64.1 Å². The van der Waals surface area contributed by atoms with E-state index in [1.165, 1.54) is 0 Å². The van der Waals surface area contributed by atoms with Crippen molar-refractivity contribution in [3.05, 3.63) is 11.8 Å². The highest BCUT2D eigenvalue weighted by Crippen LogP contribution is 2.30. The molecule has 1 atom stereocenters. The molecule has 1 N–H and O–H groups in total. The molecule has 2 rings (SSSR count). The summed E-state index contributed by atoms with van der Waals surface area (Å²) in [5, 5.41) is 8.53. The highest BCUT2D eigenvalue weighted by atomic mass is 16.5. The molecule has 0 bridgehead atoms. The second-order valence-electron chi connectivity index (χ2n) is 2.65. The lowest BCUT2D eigenvalue weighted by atomic mass is 10.2. The van der Waals surface area contributed by atoms with Crippen molar-refractivity contribution in [2.24, 2.45) is 0 Å². The predicted octanol–water partition coefficient (Wildman–Crippen LogP) is -0.549. The predicted molar refractivity (Wildman–Crippen MR) is 36.4 cm³/mol. The van der Waals surface area contributed by atoms with Crippen LogP contribution in [0.2, 0.25) is 0 Å². The zero-order chi connectivity index (χ0) is 7.84. The van der Waals surface area contributed by atoms with Gasteiger partial charge in [0.1, 0.15) is 5.76 Å². The Bertz CT molecular complexity index is 224. The summed E-state index contributed by atoms with van der Waals surface area (Å²) >= 11 is 0. The second kappa shape index (κ2) is 2.23. The molecule has 60 valence electrons. The molecule has 2 aliphatic rings. The maximum atomic E-state index is 10.8. The number of hydrogen-bond acceptors (Lipinski definition) is 3. The van der Waals surface area contributed by atoms with Crippen LogP contribution in [0.5, 0.6) is 0 Å². The number of β-lactam (4-membered cyclic amide) rings is 1. The van der Waals surface area contributed by atoms with Crippen LogP contribution in [0.15, 0.2) is 11.8 Å². The van der Waals surface area contributed by atoms with E-state index in [1.54, 1.807) is 11.0 Å². The van der Waals surface area contributed by atoms with E-state index in [0.29, 0.717) is 18.7 Å². The minimum absolute atomic E-state index is 0.0237. The average molecular weight is 155 g/mol. The fraction of sp³-hybridized carbons (Fsp3) is 0.571. The second-order valence-corrected chi connectivity index (χ2v) is 2.65. The van der Waals surface area contributed by atoms with Gasteiger partial charge >= 0.3 is 0 Å². The number of aliphatic hydroxyl groups is 1. The molecule has 1 amide bonds. The topological polar surface area (TPSA) is 49.8 Å². The average Bonchev–Trinajstić information content (AvgIpc) is 2.29. The third-order valence-electron chi connectivity index (χ3n) is 1.95. The summed E-state index contributed by atoms with van der Waals surface area (Å²) in [5.74, 6) is 0.847. The zero-order valence-corrected chi connectivity index (χ0v) is 5.99. The van der Waals surface area contributed by atoms with E-state index >= 15 is 0 Å². The molecule has 0 aromatic carbocycles. The molecule has 0 radical (unpaired) electrons. The highest BCUT2D eigenvalue weighted by molar-refractivity contribution is 5.83. The van der Waals surface area contributed by atoms with Crippen LogP contribution in [-0.4, -0.2) is 35.3 Å². The van der Waals surface area contributed by atoms with E-state index in [9.17, 15) is 4.79 Å². The van der Waals surface area contributed by atoms with Gasteiger partial charge in [-0.2, -0.15) is 0 Å². The van der Waals surface area contributed by atoms with Crippen molar-refractivity contribution >= 4 is 5.91 Å². The molecule has 2 fully saturated rings. The van der Waals surface area contributed by atoms with Crippen molar-refractivity contribution in [3.63, 3.8) is 0 Å². The number of carbonyl (C=O) groups excluding carboxylic acids is 1. The Morgan fingerprint density at radius 1 is 1.82 bits per heavy atom. The van der Waals surface area contributed by atoms with Crippen LogP contribution in [-0.2, 0) is 9.53 Å². The lowest BCUT2D eigenvalue weighted by Crippen LogP contribution is -2.48. The summed E-state index contributed by atoms with van der Waals surface area (Å²) in [7, 11) is 0. The van der Waals surface area contributed by atoms with Crippen LogP contribution in [0, 0.1) is 0 Å². The van der Waals surface area contributed by atoms with Crippen molar-refractivity contribution in [3.8, 4) is 0 Å². The first kappa shape index (κ1) is 6.67. The Balaban J connectivity index is 2.04. The molecule has 11 heavy (non-hydrogen) atoms. The maximum absolute atomic E-state index is 10.8. The fourth-order valence-corrected chi connectivity index (χ4v) is 1.31. The van der Waals surface area contributed by atoms with E-state index in [2.05, 4.69) is 0 Å². The van der Waals surface area contributed by atoms with Crippen LogP contribution < -0.4 is 0 Å². The number of hydrogen-bond donors (Lipinski definition) is 1. The van der Waals surface area contributed by atoms with Gasteiger partial charge in [0, 0.05) is 0 Å². The van der Waals surface area contributed by atoms with Crippen LogP contribution >= 0.6 is 0 Å². The Morgan fingerprint density at radius 2 is 2.64 bits per heavy atom. The van der Waals surface area contributed by atoms with Gasteiger partial charge in [-0.3, -0.25) is 9.69 Å². The molecule has 2 aliphatic heterocycles. The van der Waals surface area contributed by atoms with Gasteiger partial charge in [-0.15, -0.1) is 0 Å². The van der Waals surface area contributed by atoms with Crippen molar-refractivity contribution < 1.29 is 14.6 Å². The number of amides is 1. The number of carbonyl (C=O) groups is 1. The fourth-order valence-electron chi connectivity index (χ4n) is 1.31. The van der Waals surface area contributed by atoms with Gasteiger partial charge in [-0.05, 0) is 6.08 Å². The summed E-state index contributed by atoms with van der Waals surface area (Å²) in [6, 6.07) is 0. The normalized spacial score (nSPS) is 31.7. The van der Waals surface area contributed by atoms with Gasteiger partial charge in [-0.25, -0.2) is 0 Å². The van der Waals surface area contributed by atoms with E-state index in [1.807, 2.05) is 0 Å².